The lowest BCUT2D eigenvalue weighted by atomic mass is 10.1. The van der Waals surface area contributed by atoms with Crippen molar-refractivity contribution in [2.45, 2.75) is 13.0 Å². The normalized spacial score (nSPS) is 12.8. The van der Waals surface area contributed by atoms with Crippen LogP contribution in [0.5, 0.6) is 5.88 Å². The van der Waals surface area contributed by atoms with Crippen LogP contribution in [0.4, 0.5) is 0 Å². The summed E-state index contributed by atoms with van der Waals surface area (Å²) in [5, 5.41) is 13.0. The molecule has 0 radical (unpaired) electrons. The van der Waals surface area contributed by atoms with Crippen LogP contribution in [-0.4, -0.2) is 41.8 Å². The highest BCUT2D eigenvalue weighted by atomic mass is 16.5. The first-order chi connectivity index (χ1) is 7.65. The molecule has 0 spiro atoms. The summed E-state index contributed by atoms with van der Waals surface area (Å²) in [6, 6.07) is 0. The molecule has 0 aliphatic heterocycles. The van der Waals surface area contributed by atoms with E-state index in [2.05, 4.69) is 5.10 Å². The Morgan fingerprint density at radius 1 is 1.56 bits per heavy atom. The molecule has 16 heavy (non-hydrogen) atoms. The molecule has 0 aromatic carbocycles. The number of nitrogens with two attached hydrogens (primary N) is 1. The van der Waals surface area contributed by atoms with Crippen molar-refractivity contribution < 1.29 is 14.6 Å². The molecule has 0 fully saturated rings. The number of aliphatic hydroxyl groups excluding tert-OH is 1. The van der Waals surface area contributed by atoms with Crippen LogP contribution in [0.2, 0.25) is 0 Å². The third-order valence-electron chi connectivity index (χ3n) is 2.35. The number of ether oxygens (including phenoxy) is 2. The summed E-state index contributed by atoms with van der Waals surface area (Å²) in [6.45, 7) is 2.42. The number of rotatable bonds is 6. The van der Waals surface area contributed by atoms with Gasteiger partial charge in [0.25, 0.3) is 0 Å². The lowest BCUT2D eigenvalue weighted by Gasteiger charge is -2.16. The van der Waals surface area contributed by atoms with Crippen LogP contribution in [0.3, 0.4) is 0 Å². The second kappa shape index (κ2) is 5.83. The van der Waals surface area contributed by atoms with Crippen LogP contribution < -0.4 is 10.5 Å². The molecule has 92 valence electrons. The number of aryl methyl sites for hydroxylation is 2. The van der Waals surface area contributed by atoms with Gasteiger partial charge in [0.15, 0.2) is 0 Å². The molecule has 0 amide bonds. The first kappa shape index (κ1) is 13.0. The Hall–Kier alpha value is -1.11. The zero-order chi connectivity index (χ0) is 12.1. The number of hydrogen-bond donors (Lipinski definition) is 2. The highest BCUT2D eigenvalue weighted by molar-refractivity contribution is 5.33. The topological polar surface area (TPSA) is 82.5 Å². The van der Waals surface area contributed by atoms with Crippen molar-refractivity contribution in [1.82, 2.24) is 9.78 Å². The molecule has 1 rings (SSSR count). The summed E-state index contributed by atoms with van der Waals surface area (Å²) in [5.41, 5.74) is 7.32. The second-order valence-corrected chi connectivity index (χ2v) is 3.45. The molecule has 0 aliphatic carbocycles. The van der Waals surface area contributed by atoms with Gasteiger partial charge in [0.1, 0.15) is 6.10 Å². The van der Waals surface area contributed by atoms with Crippen molar-refractivity contribution in [3.63, 3.8) is 0 Å². The van der Waals surface area contributed by atoms with Crippen molar-refractivity contribution >= 4 is 0 Å². The van der Waals surface area contributed by atoms with Gasteiger partial charge in [0, 0.05) is 13.6 Å². The van der Waals surface area contributed by atoms with Crippen molar-refractivity contribution in [3.8, 4) is 5.88 Å². The summed E-state index contributed by atoms with van der Waals surface area (Å²) >= 11 is 0. The molecule has 1 aromatic rings. The first-order valence-electron chi connectivity index (χ1n) is 5.15. The van der Waals surface area contributed by atoms with Gasteiger partial charge in [-0.15, -0.1) is 0 Å². The number of aliphatic hydroxyl groups is 1. The van der Waals surface area contributed by atoms with E-state index in [-0.39, 0.29) is 19.3 Å². The minimum Gasteiger partial charge on any atom is -0.481 e. The predicted molar refractivity (Wildman–Crippen MR) is 59.3 cm³/mol. The van der Waals surface area contributed by atoms with Crippen LogP contribution in [0.1, 0.15) is 17.4 Å². The fourth-order valence-corrected chi connectivity index (χ4v) is 1.73. The zero-order valence-corrected chi connectivity index (χ0v) is 9.93. The van der Waals surface area contributed by atoms with E-state index < -0.39 is 0 Å². The smallest absolute Gasteiger partial charge is 0.217 e. The van der Waals surface area contributed by atoms with E-state index >= 15 is 0 Å². The Balaban J connectivity index is 2.98. The quantitative estimate of drug-likeness (QED) is 0.702. The predicted octanol–water partition coefficient (Wildman–Crippen LogP) is -0.254. The molecule has 1 aromatic heterocycles. The third-order valence-corrected chi connectivity index (χ3v) is 2.35. The molecule has 0 bridgehead atoms. The lowest BCUT2D eigenvalue weighted by Crippen LogP contribution is -2.18. The summed E-state index contributed by atoms with van der Waals surface area (Å²) in [5.74, 6) is 0.644. The van der Waals surface area contributed by atoms with Gasteiger partial charge in [-0.05, 0) is 6.92 Å². The van der Waals surface area contributed by atoms with Crippen molar-refractivity contribution in [2.75, 3.05) is 26.9 Å². The Morgan fingerprint density at radius 3 is 2.75 bits per heavy atom. The van der Waals surface area contributed by atoms with Gasteiger partial charge in [-0.2, -0.15) is 5.10 Å². The van der Waals surface area contributed by atoms with Crippen LogP contribution >= 0.6 is 0 Å². The maximum Gasteiger partial charge on any atom is 0.217 e. The molecule has 3 N–H and O–H groups in total. The largest absolute Gasteiger partial charge is 0.481 e. The van der Waals surface area contributed by atoms with E-state index in [1.807, 2.05) is 6.92 Å². The molecule has 0 aliphatic rings. The first-order valence-corrected chi connectivity index (χ1v) is 5.15. The van der Waals surface area contributed by atoms with Crippen molar-refractivity contribution in [1.29, 1.82) is 0 Å². The van der Waals surface area contributed by atoms with Crippen LogP contribution in [0.15, 0.2) is 0 Å². The number of methoxy groups -OCH3 is 1. The molecule has 1 unspecified atom stereocenters. The Kier molecular flexibility index (Phi) is 4.72. The van der Waals surface area contributed by atoms with E-state index in [4.69, 9.17) is 20.3 Å². The fraction of sp³-hybridized carbons (Fsp3) is 0.700. The van der Waals surface area contributed by atoms with Gasteiger partial charge in [0.05, 0.1) is 31.6 Å². The van der Waals surface area contributed by atoms with Crippen LogP contribution in [0.25, 0.3) is 0 Å². The van der Waals surface area contributed by atoms with Crippen molar-refractivity contribution in [2.24, 2.45) is 12.8 Å². The zero-order valence-electron chi connectivity index (χ0n) is 9.93. The molecule has 6 heteroatoms. The lowest BCUT2D eigenvalue weighted by molar-refractivity contribution is 0.0311. The van der Waals surface area contributed by atoms with E-state index in [1.54, 1.807) is 18.8 Å². The Labute approximate surface area is 95.0 Å². The van der Waals surface area contributed by atoms with E-state index in [0.29, 0.717) is 12.4 Å². The van der Waals surface area contributed by atoms with Gasteiger partial charge in [-0.25, -0.2) is 4.68 Å². The van der Waals surface area contributed by atoms with E-state index in [0.717, 1.165) is 11.3 Å². The van der Waals surface area contributed by atoms with E-state index in [1.165, 1.54) is 0 Å². The van der Waals surface area contributed by atoms with Crippen LogP contribution in [0, 0.1) is 6.92 Å². The third kappa shape index (κ3) is 2.52. The maximum absolute atomic E-state index is 8.74. The molecule has 1 heterocycles. The Morgan fingerprint density at radius 2 is 2.25 bits per heavy atom. The van der Waals surface area contributed by atoms with Gasteiger partial charge >= 0.3 is 0 Å². The molecule has 1 atom stereocenters. The number of hydrogen-bond acceptors (Lipinski definition) is 5. The fourth-order valence-electron chi connectivity index (χ4n) is 1.73. The average molecular weight is 229 g/mol. The monoisotopic (exact) mass is 229 g/mol. The van der Waals surface area contributed by atoms with E-state index in [9.17, 15) is 0 Å². The SMILES string of the molecule is COc1c(C(CN)OCCO)c(C)nn1C. The standard InChI is InChI=1S/C10H19N3O3/c1-7-9(8(6-11)16-5-4-14)10(15-3)13(2)12-7/h8,14H,4-6,11H2,1-3H3. The van der Waals surface area contributed by atoms with Gasteiger partial charge in [-0.1, -0.05) is 0 Å². The minimum absolute atomic E-state index is 0.0296. The van der Waals surface area contributed by atoms with Gasteiger partial charge in [-0.3, -0.25) is 0 Å². The summed E-state index contributed by atoms with van der Waals surface area (Å²) < 4.78 is 12.4. The number of nitrogens with zero attached hydrogens (tertiary/aromatic N) is 2. The molecular weight excluding hydrogens is 210 g/mol. The maximum atomic E-state index is 8.74. The molecular formula is C10H19N3O3. The highest BCUT2D eigenvalue weighted by Crippen LogP contribution is 2.29. The summed E-state index contributed by atoms with van der Waals surface area (Å²) in [6.07, 6.45) is -0.296. The van der Waals surface area contributed by atoms with Gasteiger partial charge < -0.3 is 20.3 Å². The second-order valence-electron chi connectivity index (χ2n) is 3.45. The molecule has 6 nitrogen and oxygen atoms in total. The highest BCUT2D eigenvalue weighted by Gasteiger charge is 2.22. The molecule has 0 saturated carbocycles. The van der Waals surface area contributed by atoms with Crippen molar-refractivity contribution in [3.05, 3.63) is 11.3 Å². The average Bonchev–Trinajstić information content (AvgIpc) is 2.55. The Bertz CT molecular complexity index is 338. The summed E-state index contributed by atoms with van der Waals surface area (Å²) in [4.78, 5) is 0. The number of aromatic nitrogens is 2. The van der Waals surface area contributed by atoms with Gasteiger partial charge in [0.2, 0.25) is 5.88 Å². The molecule has 0 saturated heterocycles. The summed E-state index contributed by atoms with van der Waals surface area (Å²) in [7, 11) is 3.38. The van der Waals surface area contributed by atoms with Crippen LogP contribution in [-0.2, 0) is 11.8 Å². The minimum atomic E-state index is -0.296.